The zero-order valence-corrected chi connectivity index (χ0v) is 11.2. The summed E-state index contributed by atoms with van der Waals surface area (Å²) >= 11 is 3.14. The predicted molar refractivity (Wildman–Crippen MR) is 75.2 cm³/mol. The van der Waals surface area contributed by atoms with E-state index in [2.05, 4.69) is 26.2 Å². The van der Waals surface area contributed by atoms with Crippen LogP contribution in [-0.4, -0.2) is 11.1 Å². The maximum Gasteiger partial charge on any atom is 0.173 e. The highest BCUT2D eigenvalue weighted by Crippen LogP contribution is 2.18. The molecule has 2 aromatic rings. The number of halogens is 1. The zero-order valence-electron chi connectivity index (χ0n) is 9.58. The van der Waals surface area contributed by atoms with Crippen LogP contribution < -0.4 is 0 Å². The van der Waals surface area contributed by atoms with Gasteiger partial charge in [0.1, 0.15) is 0 Å². The smallest absolute Gasteiger partial charge is 0.173 e. The summed E-state index contributed by atoms with van der Waals surface area (Å²) in [7, 11) is 0. The quantitative estimate of drug-likeness (QED) is 0.459. The minimum Gasteiger partial charge on any atom is -0.293 e. The van der Waals surface area contributed by atoms with Gasteiger partial charge in [-0.3, -0.25) is 4.79 Å². The van der Waals surface area contributed by atoms with Crippen LogP contribution in [0.2, 0.25) is 0 Å². The highest BCUT2D eigenvalue weighted by molar-refractivity contribution is 9.09. The Morgan fingerprint density at radius 2 is 1.44 bits per heavy atom. The molecule has 0 aliphatic carbocycles. The molecule has 2 rings (SSSR count). The summed E-state index contributed by atoms with van der Waals surface area (Å²) in [6, 6.07) is 16.6. The van der Waals surface area contributed by atoms with Crippen LogP contribution in [0.4, 0.5) is 11.4 Å². The number of carbonyl (C=O) groups is 1. The highest BCUT2D eigenvalue weighted by Gasteiger charge is 2.02. The Labute approximate surface area is 114 Å². The second-order valence-electron chi connectivity index (χ2n) is 3.64. The van der Waals surface area contributed by atoms with Gasteiger partial charge in [-0.25, -0.2) is 0 Å². The summed E-state index contributed by atoms with van der Waals surface area (Å²) in [4.78, 5) is 11.4. The molecule has 0 saturated carbocycles. The van der Waals surface area contributed by atoms with E-state index in [4.69, 9.17) is 0 Å². The maximum atomic E-state index is 11.4. The van der Waals surface area contributed by atoms with Crippen molar-refractivity contribution in [3.8, 4) is 0 Å². The van der Waals surface area contributed by atoms with Gasteiger partial charge in [-0.05, 0) is 36.4 Å². The first kappa shape index (κ1) is 12.6. The van der Waals surface area contributed by atoms with Crippen LogP contribution >= 0.6 is 15.9 Å². The van der Waals surface area contributed by atoms with Gasteiger partial charge in [0, 0.05) is 5.56 Å². The molecule has 0 heterocycles. The molecule has 0 radical (unpaired) electrons. The number of Topliss-reactive ketones (excluding diaryl/α,β-unsaturated/α-hetero) is 1. The molecular weight excluding hydrogens is 292 g/mol. The zero-order chi connectivity index (χ0) is 12.8. The summed E-state index contributed by atoms with van der Waals surface area (Å²) in [5, 5.41) is 8.54. The van der Waals surface area contributed by atoms with E-state index in [0.29, 0.717) is 10.9 Å². The monoisotopic (exact) mass is 302 g/mol. The van der Waals surface area contributed by atoms with Crippen LogP contribution in [-0.2, 0) is 0 Å². The maximum absolute atomic E-state index is 11.4. The van der Waals surface area contributed by atoms with Crippen molar-refractivity contribution in [1.82, 2.24) is 0 Å². The minimum atomic E-state index is 0.0570. The molecule has 18 heavy (non-hydrogen) atoms. The Balaban J connectivity index is 2.11. The van der Waals surface area contributed by atoms with E-state index in [1.807, 2.05) is 30.3 Å². The lowest BCUT2D eigenvalue weighted by Crippen LogP contribution is -1.98. The van der Waals surface area contributed by atoms with Crippen molar-refractivity contribution in [3.63, 3.8) is 0 Å². The summed E-state index contributed by atoms with van der Waals surface area (Å²) in [6.45, 7) is 0. The first-order valence-electron chi connectivity index (χ1n) is 5.45. The third-order valence-electron chi connectivity index (χ3n) is 2.35. The SMILES string of the molecule is O=C(CBr)c1ccc(N=Nc2ccccc2)cc1. The topological polar surface area (TPSA) is 41.8 Å². The number of azo groups is 1. The molecule has 3 nitrogen and oxygen atoms in total. The molecule has 0 unspecified atom stereocenters. The van der Waals surface area contributed by atoms with Gasteiger partial charge in [0.25, 0.3) is 0 Å². The summed E-state index contributed by atoms with van der Waals surface area (Å²) in [5.41, 5.74) is 2.20. The molecule has 0 amide bonds. The van der Waals surface area contributed by atoms with Gasteiger partial charge >= 0.3 is 0 Å². The van der Waals surface area contributed by atoms with Crippen LogP contribution in [0.3, 0.4) is 0 Å². The van der Waals surface area contributed by atoms with E-state index < -0.39 is 0 Å². The first-order valence-corrected chi connectivity index (χ1v) is 6.58. The third kappa shape index (κ3) is 3.34. The largest absolute Gasteiger partial charge is 0.293 e. The summed E-state index contributed by atoms with van der Waals surface area (Å²) in [6.07, 6.45) is 0. The molecule has 2 aromatic carbocycles. The Kier molecular flexibility index (Phi) is 4.36. The Bertz CT molecular complexity index is 550. The molecule has 90 valence electrons. The van der Waals surface area contributed by atoms with Crippen LogP contribution in [0, 0.1) is 0 Å². The van der Waals surface area contributed by atoms with E-state index in [9.17, 15) is 4.79 Å². The fourth-order valence-electron chi connectivity index (χ4n) is 1.40. The van der Waals surface area contributed by atoms with Crippen LogP contribution in [0.5, 0.6) is 0 Å². The summed E-state index contributed by atoms with van der Waals surface area (Å²) in [5.74, 6) is 0.0570. The van der Waals surface area contributed by atoms with Gasteiger partial charge in [-0.1, -0.05) is 34.1 Å². The normalized spacial score (nSPS) is 10.7. The molecule has 0 atom stereocenters. The average molecular weight is 303 g/mol. The molecule has 0 N–H and O–H groups in total. The lowest BCUT2D eigenvalue weighted by Gasteiger charge is -1.97. The minimum absolute atomic E-state index is 0.0570. The molecular formula is C14H11BrN2O. The molecule has 0 saturated heterocycles. The van der Waals surface area contributed by atoms with Gasteiger partial charge in [0.15, 0.2) is 5.78 Å². The van der Waals surface area contributed by atoms with E-state index in [1.54, 1.807) is 24.3 Å². The third-order valence-corrected chi connectivity index (χ3v) is 2.86. The molecule has 0 fully saturated rings. The molecule has 0 aliphatic heterocycles. The molecule has 0 aromatic heterocycles. The van der Waals surface area contributed by atoms with Gasteiger partial charge in [-0.15, -0.1) is 0 Å². The fraction of sp³-hybridized carbons (Fsp3) is 0.0714. The number of alkyl halides is 1. The number of nitrogens with zero attached hydrogens (tertiary/aromatic N) is 2. The Hall–Kier alpha value is -1.81. The summed E-state index contributed by atoms with van der Waals surface area (Å²) < 4.78 is 0. The van der Waals surface area contributed by atoms with E-state index in [1.165, 1.54) is 0 Å². The van der Waals surface area contributed by atoms with Crippen molar-refractivity contribution in [2.75, 3.05) is 5.33 Å². The van der Waals surface area contributed by atoms with E-state index in [-0.39, 0.29) is 5.78 Å². The number of ketones is 1. The second kappa shape index (κ2) is 6.21. The van der Waals surface area contributed by atoms with Gasteiger partial charge in [0.2, 0.25) is 0 Å². The second-order valence-corrected chi connectivity index (χ2v) is 4.20. The van der Waals surface area contributed by atoms with Crippen molar-refractivity contribution in [2.45, 2.75) is 0 Å². The number of hydrogen-bond donors (Lipinski definition) is 0. The predicted octanol–water partition coefficient (Wildman–Crippen LogP) is 4.68. The molecule has 0 bridgehead atoms. The number of hydrogen-bond acceptors (Lipinski definition) is 3. The average Bonchev–Trinajstić information content (AvgIpc) is 2.46. The number of rotatable bonds is 4. The van der Waals surface area contributed by atoms with Crippen molar-refractivity contribution in [3.05, 3.63) is 60.2 Å². The molecule has 4 heteroatoms. The molecule has 0 aliphatic rings. The lowest BCUT2D eigenvalue weighted by molar-refractivity contribution is 0.102. The molecule has 0 spiro atoms. The Morgan fingerprint density at radius 3 is 2.00 bits per heavy atom. The van der Waals surface area contributed by atoms with Crippen LogP contribution in [0.1, 0.15) is 10.4 Å². The standard InChI is InChI=1S/C14H11BrN2O/c15-10-14(18)11-6-8-13(9-7-11)17-16-12-4-2-1-3-5-12/h1-9H,10H2. The number of carbonyl (C=O) groups excluding carboxylic acids is 1. The first-order chi connectivity index (χ1) is 8.79. The van der Waals surface area contributed by atoms with Crippen LogP contribution in [0.25, 0.3) is 0 Å². The van der Waals surface area contributed by atoms with Crippen molar-refractivity contribution in [1.29, 1.82) is 0 Å². The van der Waals surface area contributed by atoms with Crippen molar-refractivity contribution in [2.24, 2.45) is 10.2 Å². The fourth-order valence-corrected chi connectivity index (χ4v) is 1.73. The van der Waals surface area contributed by atoms with Crippen molar-refractivity contribution < 1.29 is 4.79 Å². The van der Waals surface area contributed by atoms with E-state index in [0.717, 1.165) is 11.4 Å². The highest BCUT2D eigenvalue weighted by atomic mass is 79.9. The number of benzene rings is 2. The van der Waals surface area contributed by atoms with Crippen LogP contribution in [0.15, 0.2) is 64.8 Å². The van der Waals surface area contributed by atoms with Crippen molar-refractivity contribution >= 4 is 33.1 Å². The van der Waals surface area contributed by atoms with Gasteiger partial charge in [-0.2, -0.15) is 10.2 Å². The lowest BCUT2D eigenvalue weighted by atomic mass is 10.1. The van der Waals surface area contributed by atoms with Gasteiger partial charge < -0.3 is 0 Å². The Morgan fingerprint density at radius 1 is 0.889 bits per heavy atom. The van der Waals surface area contributed by atoms with E-state index >= 15 is 0 Å². The van der Waals surface area contributed by atoms with Gasteiger partial charge in [0.05, 0.1) is 16.7 Å².